The molecule has 2 rings (SSSR count). The normalized spacial score (nSPS) is 10.9. The number of Topliss-reactive ketones (excluding diaryl/α,β-unsaturated/α-hetero) is 1. The molecule has 0 unspecified atom stereocenters. The molecule has 0 fully saturated rings. The van der Waals surface area contributed by atoms with Crippen LogP contribution in [-0.4, -0.2) is 18.4 Å². The molecular formula is C18H13IN2O4S. The second-order valence-electron chi connectivity index (χ2n) is 5.10. The highest BCUT2D eigenvalue weighted by Crippen LogP contribution is 2.29. The fourth-order valence-electron chi connectivity index (χ4n) is 2.20. The summed E-state index contributed by atoms with van der Waals surface area (Å²) in [5.74, 6) is -0.576. The molecule has 6 nitrogen and oxygen atoms in total. The number of esters is 1. The SMILES string of the molecule is CCOC(=O)c1sc(CC(=O)/C(C#N)=C/c2ccc(I)o2)c(C#N)c1C. The minimum Gasteiger partial charge on any atom is -0.462 e. The van der Waals surface area contributed by atoms with Crippen LogP contribution in [0.5, 0.6) is 0 Å². The van der Waals surface area contributed by atoms with Crippen molar-refractivity contribution in [1.29, 1.82) is 10.5 Å². The Morgan fingerprint density at radius 3 is 2.65 bits per heavy atom. The lowest BCUT2D eigenvalue weighted by molar-refractivity contribution is -0.114. The molecule has 26 heavy (non-hydrogen) atoms. The van der Waals surface area contributed by atoms with E-state index in [9.17, 15) is 20.1 Å². The van der Waals surface area contributed by atoms with Gasteiger partial charge in [0.2, 0.25) is 0 Å². The summed E-state index contributed by atoms with van der Waals surface area (Å²) in [6.45, 7) is 3.55. The third-order valence-electron chi connectivity index (χ3n) is 3.41. The summed E-state index contributed by atoms with van der Waals surface area (Å²) in [5.41, 5.74) is 0.682. The van der Waals surface area contributed by atoms with Gasteiger partial charge >= 0.3 is 5.97 Å². The van der Waals surface area contributed by atoms with Crippen molar-refractivity contribution >= 4 is 51.8 Å². The summed E-state index contributed by atoms with van der Waals surface area (Å²) in [5, 5.41) is 18.6. The highest BCUT2D eigenvalue weighted by Gasteiger charge is 2.23. The summed E-state index contributed by atoms with van der Waals surface area (Å²) < 4.78 is 11.0. The molecule has 0 N–H and O–H groups in total. The van der Waals surface area contributed by atoms with Crippen LogP contribution in [0, 0.1) is 33.4 Å². The molecule has 2 aromatic rings. The van der Waals surface area contributed by atoms with E-state index in [-0.39, 0.29) is 24.2 Å². The summed E-state index contributed by atoms with van der Waals surface area (Å²) >= 11 is 3.03. The number of halogens is 1. The first-order chi connectivity index (χ1) is 12.4. The van der Waals surface area contributed by atoms with Crippen molar-refractivity contribution in [1.82, 2.24) is 0 Å². The highest BCUT2D eigenvalue weighted by molar-refractivity contribution is 14.1. The number of nitrogens with zero attached hydrogens (tertiary/aromatic N) is 2. The van der Waals surface area contributed by atoms with E-state index in [0.717, 1.165) is 11.3 Å². The Hall–Kier alpha value is -2.43. The Morgan fingerprint density at radius 1 is 1.38 bits per heavy atom. The molecule has 0 bridgehead atoms. The zero-order chi connectivity index (χ0) is 19.3. The van der Waals surface area contributed by atoms with Crippen LogP contribution in [0.2, 0.25) is 0 Å². The van der Waals surface area contributed by atoms with E-state index in [4.69, 9.17) is 9.15 Å². The number of hydrogen-bond donors (Lipinski definition) is 0. The van der Waals surface area contributed by atoms with Gasteiger partial charge in [0.25, 0.3) is 0 Å². The molecule has 0 aliphatic heterocycles. The van der Waals surface area contributed by atoms with Crippen LogP contribution in [0.15, 0.2) is 22.1 Å². The lowest BCUT2D eigenvalue weighted by atomic mass is 10.0. The summed E-state index contributed by atoms with van der Waals surface area (Å²) in [6.07, 6.45) is 1.22. The van der Waals surface area contributed by atoms with E-state index in [1.165, 1.54) is 6.08 Å². The van der Waals surface area contributed by atoms with E-state index in [2.05, 4.69) is 0 Å². The number of furan rings is 1. The third-order valence-corrected chi connectivity index (χ3v) is 5.27. The quantitative estimate of drug-likeness (QED) is 0.268. The van der Waals surface area contributed by atoms with E-state index < -0.39 is 11.8 Å². The molecule has 0 atom stereocenters. The van der Waals surface area contributed by atoms with Gasteiger partial charge in [0, 0.05) is 17.4 Å². The van der Waals surface area contributed by atoms with Crippen LogP contribution < -0.4 is 0 Å². The molecule has 0 aliphatic rings. The van der Waals surface area contributed by atoms with Crippen LogP contribution >= 0.6 is 33.9 Å². The maximum atomic E-state index is 12.5. The minimum absolute atomic E-state index is 0.0802. The van der Waals surface area contributed by atoms with Gasteiger partial charge in [0.15, 0.2) is 9.55 Å². The standard InChI is InChI=1S/C18H13IN2O4S/c1-3-24-18(23)17-10(2)13(9-21)15(26-17)7-14(22)11(8-20)6-12-4-5-16(19)25-12/h4-6H,3,7H2,1-2H3/b11-6+. The van der Waals surface area contributed by atoms with Gasteiger partial charge in [-0.1, -0.05) is 0 Å². The van der Waals surface area contributed by atoms with Crippen LogP contribution in [0.3, 0.4) is 0 Å². The van der Waals surface area contributed by atoms with Gasteiger partial charge < -0.3 is 9.15 Å². The lowest BCUT2D eigenvalue weighted by Gasteiger charge is -1.98. The molecule has 0 aromatic carbocycles. The monoisotopic (exact) mass is 480 g/mol. The van der Waals surface area contributed by atoms with Gasteiger partial charge in [0.1, 0.15) is 22.8 Å². The van der Waals surface area contributed by atoms with Gasteiger partial charge in [0.05, 0.1) is 17.7 Å². The smallest absolute Gasteiger partial charge is 0.348 e. The highest BCUT2D eigenvalue weighted by atomic mass is 127. The number of nitriles is 2. The number of rotatable bonds is 6. The second-order valence-corrected chi connectivity index (χ2v) is 7.27. The minimum atomic E-state index is -0.522. The molecule has 2 heterocycles. The Labute approximate surface area is 167 Å². The molecule has 0 spiro atoms. The van der Waals surface area contributed by atoms with E-state index in [1.807, 2.05) is 34.7 Å². The number of allylic oxidation sites excluding steroid dienone is 1. The van der Waals surface area contributed by atoms with Crippen molar-refractivity contribution < 1.29 is 18.7 Å². The molecule has 0 radical (unpaired) electrons. The van der Waals surface area contributed by atoms with Crippen molar-refractivity contribution in [3.8, 4) is 12.1 Å². The maximum absolute atomic E-state index is 12.5. The molecule has 0 aliphatic carbocycles. The summed E-state index contributed by atoms with van der Waals surface area (Å²) in [6, 6.07) is 7.26. The largest absolute Gasteiger partial charge is 0.462 e. The van der Waals surface area contributed by atoms with E-state index >= 15 is 0 Å². The average Bonchev–Trinajstić information content (AvgIpc) is 3.15. The predicted octanol–water partition coefficient (Wildman–Crippen LogP) is 4.02. The van der Waals surface area contributed by atoms with Crippen molar-refractivity contribution in [3.63, 3.8) is 0 Å². The zero-order valence-electron chi connectivity index (χ0n) is 14.0. The third kappa shape index (κ3) is 4.40. The Bertz CT molecular complexity index is 972. The number of carbonyl (C=O) groups excluding carboxylic acids is 2. The number of ketones is 1. The first-order valence-corrected chi connectivity index (χ1v) is 9.40. The Balaban J connectivity index is 2.32. The Morgan fingerprint density at radius 2 is 2.12 bits per heavy atom. The first kappa shape index (κ1) is 19.9. The van der Waals surface area contributed by atoms with Gasteiger partial charge in [-0.05, 0) is 54.1 Å². The van der Waals surface area contributed by atoms with Gasteiger partial charge in [-0.2, -0.15) is 10.5 Å². The van der Waals surface area contributed by atoms with Gasteiger partial charge in [-0.15, -0.1) is 11.3 Å². The number of carbonyl (C=O) groups is 2. The summed E-state index contributed by atoms with van der Waals surface area (Å²) in [4.78, 5) is 25.2. The molecule has 0 amide bonds. The lowest BCUT2D eigenvalue weighted by Crippen LogP contribution is -2.05. The average molecular weight is 480 g/mol. The first-order valence-electron chi connectivity index (χ1n) is 7.51. The fraction of sp³-hybridized carbons (Fsp3) is 0.222. The van der Waals surface area contributed by atoms with Crippen LogP contribution in [-0.2, 0) is 16.0 Å². The van der Waals surface area contributed by atoms with Crippen molar-refractivity contribution in [3.05, 3.63) is 48.1 Å². The zero-order valence-corrected chi connectivity index (χ0v) is 16.9. The molecule has 8 heteroatoms. The molecule has 2 aromatic heterocycles. The van der Waals surface area contributed by atoms with Crippen molar-refractivity contribution in [2.45, 2.75) is 20.3 Å². The number of hydrogen-bond acceptors (Lipinski definition) is 7. The Kier molecular flexibility index (Phi) is 6.72. The number of thiophene rings is 1. The maximum Gasteiger partial charge on any atom is 0.348 e. The summed E-state index contributed by atoms with van der Waals surface area (Å²) in [7, 11) is 0. The topological polar surface area (TPSA) is 104 Å². The fourth-order valence-corrected chi connectivity index (χ4v) is 3.78. The van der Waals surface area contributed by atoms with Crippen molar-refractivity contribution in [2.75, 3.05) is 6.61 Å². The van der Waals surface area contributed by atoms with Crippen LogP contribution in [0.4, 0.5) is 0 Å². The number of ether oxygens (including phenoxy) is 1. The predicted molar refractivity (Wildman–Crippen MR) is 103 cm³/mol. The van der Waals surface area contributed by atoms with Gasteiger partial charge in [-0.3, -0.25) is 4.79 Å². The molecule has 132 valence electrons. The van der Waals surface area contributed by atoms with Crippen LogP contribution in [0.25, 0.3) is 6.08 Å². The molecular weight excluding hydrogens is 467 g/mol. The van der Waals surface area contributed by atoms with Crippen LogP contribution in [0.1, 0.15) is 38.4 Å². The van der Waals surface area contributed by atoms with E-state index in [1.54, 1.807) is 26.0 Å². The second kappa shape index (κ2) is 8.79. The molecule has 0 saturated carbocycles. The van der Waals surface area contributed by atoms with Crippen molar-refractivity contribution in [2.24, 2.45) is 0 Å². The van der Waals surface area contributed by atoms with E-state index in [0.29, 0.717) is 24.8 Å². The molecule has 0 saturated heterocycles. The van der Waals surface area contributed by atoms with Gasteiger partial charge in [-0.25, -0.2) is 4.79 Å².